The molecular formula is C11H9N3O. The van der Waals surface area contributed by atoms with Crippen LogP contribution in [-0.2, 0) is 0 Å². The number of pyridine rings is 1. The quantitative estimate of drug-likeness (QED) is 0.758. The van der Waals surface area contributed by atoms with Crippen molar-refractivity contribution in [1.29, 1.82) is 5.26 Å². The Bertz CT molecular complexity index is 557. The van der Waals surface area contributed by atoms with E-state index in [1.807, 2.05) is 24.3 Å². The molecule has 0 saturated heterocycles. The first-order valence-electron chi connectivity index (χ1n) is 4.40. The summed E-state index contributed by atoms with van der Waals surface area (Å²) in [7, 11) is 1.47. The van der Waals surface area contributed by atoms with Crippen LogP contribution in [0.2, 0.25) is 0 Å². The van der Waals surface area contributed by atoms with E-state index in [0.717, 1.165) is 10.8 Å². The van der Waals surface area contributed by atoms with Crippen molar-refractivity contribution in [3.05, 3.63) is 29.8 Å². The first kappa shape index (κ1) is 9.28. The number of nitrogens with two attached hydrogens (primary N) is 1. The van der Waals surface area contributed by atoms with Crippen LogP contribution < -0.4 is 10.5 Å². The lowest BCUT2D eigenvalue weighted by molar-refractivity contribution is 0.398. The van der Waals surface area contributed by atoms with Gasteiger partial charge in [0, 0.05) is 10.8 Å². The second kappa shape index (κ2) is 3.46. The van der Waals surface area contributed by atoms with E-state index in [1.54, 1.807) is 0 Å². The van der Waals surface area contributed by atoms with Crippen molar-refractivity contribution in [1.82, 2.24) is 4.98 Å². The number of methoxy groups -OCH3 is 1. The molecule has 1 aromatic carbocycles. The van der Waals surface area contributed by atoms with Crippen molar-refractivity contribution in [2.24, 2.45) is 0 Å². The monoisotopic (exact) mass is 199 g/mol. The van der Waals surface area contributed by atoms with E-state index in [0.29, 0.717) is 11.4 Å². The maximum Gasteiger partial charge on any atom is 0.234 e. The van der Waals surface area contributed by atoms with E-state index in [2.05, 4.69) is 11.1 Å². The van der Waals surface area contributed by atoms with E-state index in [-0.39, 0.29) is 5.88 Å². The first-order valence-corrected chi connectivity index (χ1v) is 4.40. The van der Waals surface area contributed by atoms with E-state index >= 15 is 0 Å². The van der Waals surface area contributed by atoms with Crippen LogP contribution in [-0.4, -0.2) is 12.1 Å². The second-order valence-corrected chi connectivity index (χ2v) is 3.04. The SMILES string of the molecule is COc1nc(N)c2ccccc2c1C#N. The molecule has 4 heteroatoms. The third-order valence-electron chi connectivity index (χ3n) is 2.21. The van der Waals surface area contributed by atoms with Gasteiger partial charge in [0.2, 0.25) is 5.88 Å². The number of nitriles is 1. The summed E-state index contributed by atoms with van der Waals surface area (Å²) in [6, 6.07) is 9.44. The van der Waals surface area contributed by atoms with Crippen LogP contribution in [0.4, 0.5) is 5.82 Å². The summed E-state index contributed by atoms with van der Waals surface area (Å²) in [4.78, 5) is 4.02. The highest BCUT2D eigenvalue weighted by Crippen LogP contribution is 2.28. The average Bonchev–Trinajstić information content (AvgIpc) is 2.29. The minimum Gasteiger partial charge on any atom is -0.480 e. The number of ether oxygens (including phenoxy) is 1. The van der Waals surface area contributed by atoms with Gasteiger partial charge in [-0.3, -0.25) is 0 Å². The van der Waals surface area contributed by atoms with Gasteiger partial charge in [0.05, 0.1) is 7.11 Å². The van der Waals surface area contributed by atoms with Gasteiger partial charge in [0.1, 0.15) is 17.5 Å². The molecule has 0 unspecified atom stereocenters. The van der Waals surface area contributed by atoms with Crippen molar-refractivity contribution in [2.75, 3.05) is 12.8 Å². The molecule has 2 aromatic rings. The highest BCUT2D eigenvalue weighted by atomic mass is 16.5. The number of fused-ring (bicyclic) bond motifs is 1. The van der Waals surface area contributed by atoms with Crippen molar-refractivity contribution < 1.29 is 4.74 Å². The summed E-state index contributed by atoms with van der Waals surface area (Å²) >= 11 is 0. The molecule has 2 rings (SSSR count). The summed E-state index contributed by atoms with van der Waals surface area (Å²) in [6.07, 6.45) is 0. The number of aromatic nitrogens is 1. The lowest BCUT2D eigenvalue weighted by Gasteiger charge is -2.07. The Morgan fingerprint density at radius 2 is 2.00 bits per heavy atom. The van der Waals surface area contributed by atoms with E-state index in [4.69, 9.17) is 15.7 Å². The van der Waals surface area contributed by atoms with Crippen LogP contribution in [0.3, 0.4) is 0 Å². The van der Waals surface area contributed by atoms with Crippen molar-refractivity contribution in [2.45, 2.75) is 0 Å². The number of hydrogen-bond acceptors (Lipinski definition) is 4. The number of anilines is 1. The molecule has 0 spiro atoms. The van der Waals surface area contributed by atoms with Gasteiger partial charge in [-0.1, -0.05) is 24.3 Å². The number of nitrogens with zero attached hydrogens (tertiary/aromatic N) is 2. The van der Waals surface area contributed by atoms with Gasteiger partial charge in [-0.05, 0) is 0 Å². The zero-order valence-electron chi connectivity index (χ0n) is 8.19. The third kappa shape index (κ3) is 1.34. The maximum absolute atomic E-state index is 9.03. The van der Waals surface area contributed by atoms with Crippen LogP contribution >= 0.6 is 0 Å². The molecule has 15 heavy (non-hydrogen) atoms. The van der Waals surface area contributed by atoms with Crippen LogP contribution in [0.1, 0.15) is 5.56 Å². The molecule has 0 atom stereocenters. The second-order valence-electron chi connectivity index (χ2n) is 3.04. The van der Waals surface area contributed by atoms with Crippen molar-refractivity contribution in [3.63, 3.8) is 0 Å². The third-order valence-corrected chi connectivity index (χ3v) is 2.21. The van der Waals surface area contributed by atoms with Gasteiger partial charge < -0.3 is 10.5 Å². The van der Waals surface area contributed by atoms with Crippen LogP contribution in [0, 0.1) is 11.3 Å². The van der Waals surface area contributed by atoms with E-state index in [1.165, 1.54) is 7.11 Å². The highest BCUT2D eigenvalue weighted by Gasteiger charge is 2.11. The summed E-state index contributed by atoms with van der Waals surface area (Å²) in [6.45, 7) is 0. The molecule has 4 nitrogen and oxygen atoms in total. The lowest BCUT2D eigenvalue weighted by atomic mass is 10.1. The molecular weight excluding hydrogens is 190 g/mol. The van der Waals surface area contributed by atoms with Crippen LogP contribution in [0.25, 0.3) is 10.8 Å². The van der Waals surface area contributed by atoms with Gasteiger partial charge in [0.25, 0.3) is 0 Å². The topological polar surface area (TPSA) is 71.9 Å². The molecule has 2 N–H and O–H groups in total. The Kier molecular flexibility index (Phi) is 2.14. The number of nitrogen functional groups attached to an aromatic ring is 1. The highest BCUT2D eigenvalue weighted by molar-refractivity contribution is 5.96. The Morgan fingerprint density at radius 1 is 1.33 bits per heavy atom. The van der Waals surface area contributed by atoms with Gasteiger partial charge >= 0.3 is 0 Å². The summed E-state index contributed by atoms with van der Waals surface area (Å²) in [5.41, 5.74) is 6.17. The molecule has 0 aliphatic heterocycles. The molecule has 0 radical (unpaired) electrons. The molecule has 0 aliphatic rings. The fourth-order valence-electron chi connectivity index (χ4n) is 1.52. The summed E-state index contributed by atoms with van der Waals surface area (Å²) < 4.78 is 5.01. The van der Waals surface area contributed by atoms with Gasteiger partial charge in [-0.2, -0.15) is 10.2 Å². The number of benzene rings is 1. The van der Waals surface area contributed by atoms with Crippen LogP contribution in [0.5, 0.6) is 5.88 Å². The minimum absolute atomic E-state index is 0.272. The summed E-state index contributed by atoms with van der Waals surface area (Å²) in [5.74, 6) is 0.648. The molecule has 1 aromatic heterocycles. The fourth-order valence-corrected chi connectivity index (χ4v) is 1.52. The Hall–Kier alpha value is -2.28. The zero-order chi connectivity index (χ0) is 10.8. The number of hydrogen-bond donors (Lipinski definition) is 1. The van der Waals surface area contributed by atoms with Gasteiger partial charge in [-0.15, -0.1) is 0 Å². The predicted molar refractivity (Wildman–Crippen MR) is 57.4 cm³/mol. The Morgan fingerprint density at radius 3 is 2.60 bits per heavy atom. The van der Waals surface area contributed by atoms with Crippen LogP contribution in [0.15, 0.2) is 24.3 Å². The Balaban J connectivity index is 2.93. The molecule has 0 aliphatic carbocycles. The molecule has 0 bridgehead atoms. The first-order chi connectivity index (χ1) is 7.27. The largest absolute Gasteiger partial charge is 0.480 e. The zero-order valence-corrected chi connectivity index (χ0v) is 8.19. The van der Waals surface area contributed by atoms with Crippen molar-refractivity contribution in [3.8, 4) is 11.9 Å². The lowest BCUT2D eigenvalue weighted by Crippen LogP contribution is -1.98. The maximum atomic E-state index is 9.03. The number of rotatable bonds is 1. The Labute approximate surface area is 86.9 Å². The van der Waals surface area contributed by atoms with E-state index in [9.17, 15) is 0 Å². The molecule has 74 valence electrons. The fraction of sp³-hybridized carbons (Fsp3) is 0.0909. The molecule has 0 fully saturated rings. The molecule has 1 heterocycles. The molecule has 0 saturated carbocycles. The standard InChI is InChI=1S/C11H9N3O/c1-15-11-9(6-12)7-4-2-3-5-8(7)10(13)14-11/h2-5H,1H3,(H2,13,14). The average molecular weight is 199 g/mol. The van der Waals surface area contributed by atoms with Gasteiger partial charge in [-0.25, -0.2) is 0 Å². The normalized spacial score (nSPS) is 9.87. The summed E-state index contributed by atoms with van der Waals surface area (Å²) in [5, 5.41) is 10.6. The minimum atomic E-state index is 0.272. The predicted octanol–water partition coefficient (Wildman–Crippen LogP) is 1.70. The van der Waals surface area contributed by atoms with Gasteiger partial charge in [0.15, 0.2) is 0 Å². The smallest absolute Gasteiger partial charge is 0.234 e. The molecule has 0 amide bonds. The van der Waals surface area contributed by atoms with Crippen molar-refractivity contribution >= 4 is 16.6 Å². The van der Waals surface area contributed by atoms with E-state index < -0.39 is 0 Å².